The molecule has 1 amide bonds. The van der Waals surface area contributed by atoms with Gasteiger partial charge in [-0.15, -0.1) is 0 Å². The van der Waals surface area contributed by atoms with E-state index in [1.807, 2.05) is 0 Å². The van der Waals surface area contributed by atoms with Gasteiger partial charge in [0.25, 0.3) is 0 Å². The van der Waals surface area contributed by atoms with Gasteiger partial charge >= 0.3 is 0 Å². The maximum Gasteiger partial charge on any atom is 0.243 e. The Morgan fingerprint density at radius 2 is 2.14 bits per heavy atom. The third kappa shape index (κ3) is 4.87. The molecule has 3 unspecified atom stereocenters. The maximum absolute atomic E-state index is 11.7. The number of aliphatic imine (C=N–C) groups is 1. The monoisotopic (exact) mass is 310 g/mol. The minimum Gasteiger partial charge on any atom is -0.385 e. The van der Waals surface area contributed by atoms with Gasteiger partial charge < -0.3 is 20.3 Å². The molecule has 0 aliphatic heterocycles. The average Bonchev–Trinajstić information content (AvgIpc) is 3.10. The molecule has 0 heterocycles. The lowest BCUT2D eigenvalue weighted by atomic mass is 9.95. The summed E-state index contributed by atoms with van der Waals surface area (Å²) in [5.74, 6) is 2.45. The second kappa shape index (κ2) is 8.36. The van der Waals surface area contributed by atoms with Gasteiger partial charge in [0.1, 0.15) is 6.54 Å². The van der Waals surface area contributed by atoms with Crippen LogP contribution in [0.25, 0.3) is 0 Å². The van der Waals surface area contributed by atoms with Gasteiger partial charge in [0.05, 0.1) is 0 Å². The molecule has 2 fully saturated rings. The third-order valence-corrected chi connectivity index (χ3v) is 4.75. The van der Waals surface area contributed by atoms with Crippen LogP contribution in [0.5, 0.6) is 0 Å². The van der Waals surface area contributed by atoms with Crippen LogP contribution in [0, 0.1) is 11.8 Å². The zero-order valence-electron chi connectivity index (χ0n) is 14.1. The summed E-state index contributed by atoms with van der Waals surface area (Å²) in [5, 5.41) is 6.87. The van der Waals surface area contributed by atoms with Crippen molar-refractivity contribution in [3.8, 4) is 0 Å². The molecule has 22 heavy (non-hydrogen) atoms. The molecule has 0 radical (unpaired) electrons. The van der Waals surface area contributed by atoms with E-state index in [0.717, 1.165) is 37.4 Å². The van der Waals surface area contributed by atoms with E-state index in [9.17, 15) is 4.79 Å². The molecular weight excluding hydrogens is 280 g/mol. The normalized spacial score (nSPS) is 27.0. The Bertz CT molecular complexity index is 398. The summed E-state index contributed by atoms with van der Waals surface area (Å²) in [7, 11) is 5.22. The number of ether oxygens (including phenoxy) is 1. The zero-order chi connectivity index (χ0) is 15.9. The lowest BCUT2D eigenvalue weighted by Crippen LogP contribution is -2.46. The van der Waals surface area contributed by atoms with E-state index in [1.165, 1.54) is 25.7 Å². The van der Waals surface area contributed by atoms with Crippen LogP contribution in [0.2, 0.25) is 0 Å². The van der Waals surface area contributed by atoms with E-state index in [1.54, 1.807) is 26.1 Å². The van der Waals surface area contributed by atoms with Crippen molar-refractivity contribution in [2.24, 2.45) is 16.8 Å². The Balaban J connectivity index is 1.86. The number of amides is 1. The number of fused-ring (bicyclic) bond motifs is 2. The molecule has 0 saturated heterocycles. The summed E-state index contributed by atoms with van der Waals surface area (Å²) in [4.78, 5) is 17.8. The number of hydrogen-bond donors (Lipinski definition) is 2. The first-order valence-electron chi connectivity index (χ1n) is 8.34. The summed E-state index contributed by atoms with van der Waals surface area (Å²) in [6.07, 6.45) is 6.23. The van der Waals surface area contributed by atoms with Gasteiger partial charge in [-0.1, -0.05) is 6.42 Å². The van der Waals surface area contributed by atoms with E-state index >= 15 is 0 Å². The van der Waals surface area contributed by atoms with E-state index < -0.39 is 0 Å². The Morgan fingerprint density at radius 3 is 2.73 bits per heavy atom. The van der Waals surface area contributed by atoms with E-state index in [4.69, 9.17) is 4.74 Å². The van der Waals surface area contributed by atoms with Crippen molar-refractivity contribution in [3.05, 3.63) is 0 Å². The van der Waals surface area contributed by atoms with Gasteiger partial charge in [0, 0.05) is 40.4 Å². The van der Waals surface area contributed by atoms with Crippen molar-refractivity contribution in [3.63, 3.8) is 0 Å². The highest BCUT2D eigenvalue weighted by atomic mass is 16.5. The number of nitrogens with one attached hydrogen (secondary N) is 2. The van der Waals surface area contributed by atoms with Crippen molar-refractivity contribution in [2.75, 3.05) is 40.9 Å². The molecule has 2 bridgehead atoms. The fourth-order valence-electron chi connectivity index (χ4n) is 3.46. The molecule has 0 aromatic heterocycles. The number of hydrogen-bond acceptors (Lipinski definition) is 3. The number of methoxy groups -OCH3 is 1. The van der Waals surface area contributed by atoms with Crippen LogP contribution in [0.15, 0.2) is 4.99 Å². The zero-order valence-corrected chi connectivity index (χ0v) is 14.1. The molecule has 126 valence electrons. The SMILES string of the molecule is COCCCNC(=NCC(=O)N(C)C)NC1CC2CCC1C2. The number of rotatable bonds is 7. The number of carbonyl (C=O) groups is 1. The highest BCUT2D eigenvalue weighted by Crippen LogP contribution is 2.44. The first-order valence-corrected chi connectivity index (χ1v) is 8.34. The second-order valence-corrected chi connectivity index (χ2v) is 6.65. The predicted octanol–water partition coefficient (Wildman–Crippen LogP) is 0.835. The Hall–Kier alpha value is -1.30. The molecule has 0 aromatic rings. The summed E-state index contributed by atoms with van der Waals surface area (Å²) in [5.41, 5.74) is 0. The molecule has 2 aliphatic carbocycles. The summed E-state index contributed by atoms with van der Waals surface area (Å²) in [6.45, 7) is 1.72. The highest BCUT2D eigenvalue weighted by Gasteiger charge is 2.39. The Labute approximate surface area is 133 Å². The first-order chi connectivity index (χ1) is 10.6. The molecule has 2 N–H and O–H groups in total. The van der Waals surface area contributed by atoms with Gasteiger partial charge in [-0.2, -0.15) is 0 Å². The lowest BCUT2D eigenvalue weighted by Gasteiger charge is -2.25. The number of likely N-dealkylation sites (N-methyl/N-ethyl adjacent to an activating group) is 1. The standard InChI is InChI=1S/C16H30N4O2/c1-20(2)15(21)11-18-16(17-7-4-8-22-3)19-14-10-12-5-6-13(14)9-12/h12-14H,4-11H2,1-3H3,(H2,17,18,19). The molecular formula is C16H30N4O2. The minimum absolute atomic E-state index is 0.0194. The van der Waals surface area contributed by atoms with Gasteiger partial charge in [0.15, 0.2) is 5.96 Å². The van der Waals surface area contributed by atoms with Crippen molar-refractivity contribution in [1.82, 2.24) is 15.5 Å². The van der Waals surface area contributed by atoms with Crippen LogP contribution in [-0.4, -0.2) is 63.7 Å². The third-order valence-electron chi connectivity index (χ3n) is 4.75. The molecule has 6 nitrogen and oxygen atoms in total. The second-order valence-electron chi connectivity index (χ2n) is 6.65. The number of guanidine groups is 1. The van der Waals surface area contributed by atoms with Crippen LogP contribution in [0.3, 0.4) is 0 Å². The minimum atomic E-state index is 0.0194. The van der Waals surface area contributed by atoms with Crippen LogP contribution in [0.4, 0.5) is 0 Å². The molecule has 6 heteroatoms. The predicted molar refractivity (Wildman–Crippen MR) is 87.9 cm³/mol. The van der Waals surface area contributed by atoms with E-state index in [-0.39, 0.29) is 12.5 Å². The molecule has 2 saturated carbocycles. The van der Waals surface area contributed by atoms with Gasteiger partial charge in [0.2, 0.25) is 5.91 Å². The Morgan fingerprint density at radius 1 is 1.32 bits per heavy atom. The summed E-state index contributed by atoms with van der Waals surface area (Å²) in [6, 6.07) is 0.516. The Kier molecular flexibility index (Phi) is 6.49. The largest absolute Gasteiger partial charge is 0.385 e. The van der Waals surface area contributed by atoms with Gasteiger partial charge in [-0.05, 0) is 37.5 Å². The van der Waals surface area contributed by atoms with E-state index in [0.29, 0.717) is 6.04 Å². The fraction of sp³-hybridized carbons (Fsp3) is 0.875. The van der Waals surface area contributed by atoms with Crippen LogP contribution in [-0.2, 0) is 9.53 Å². The number of carbonyl (C=O) groups excluding carboxylic acids is 1. The maximum atomic E-state index is 11.7. The van der Waals surface area contributed by atoms with Crippen LogP contribution < -0.4 is 10.6 Å². The van der Waals surface area contributed by atoms with Crippen molar-refractivity contribution in [2.45, 2.75) is 38.1 Å². The molecule has 2 aliphatic rings. The smallest absolute Gasteiger partial charge is 0.243 e. The topological polar surface area (TPSA) is 66.0 Å². The van der Waals surface area contributed by atoms with Crippen LogP contribution in [0.1, 0.15) is 32.1 Å². The van der Waals surface area contributed by atoms with Gasteiger partial charge in [-0.25, -0.2) is 4.99 Å². The lowest BCUT2D eigenvalue weighted by molar-refractivity contribution is -0.127. The van der Waals surface area contributed by atoms with Crippen LogP contribution >= 0.6 is 0 Å². The summed E-state index contributed by atoms with van der Waals surface area (Å²) < 4.78 is 5.07. The molecule has 3 atom stereocenters. The van der Waals surface area contributed by atoms with E-state index in [2.05, 4.69) is 15.6 Å². The molecule has 2 rings (SSSR count). The summed E-state index contributed by atoms with van der Waals surface area (Å²) >= 11 is 0. The number of nitrogens with zero attached hydrogens (tertiary/aromatic N) is 2. The molecule has 0 spiro atoms. The highest BCUT2D eigenvalue weighted by molar-refractivity contribution is 5.85. The van der Waals surface area contributed by atoms with Crippen molar-refractivity contribution < 1.29 is 9.53 Å². The quantitative estimate of drug-likeness (QED) is 0.415. The van der Waals surface area contributed by atoms with Crippen molar-refractivity contribution in [1.29, 1.82) is 0 Å². The fourth-order valence-corrected chi connectivity index (χ4v) is 3.46. The average molecular weight is 310 g/mol. The molecule has 0 aromatic carbocycles. The first kappa shape index (κ1) is 17.1. The van der Waals surface area contributed by atoms with Gasteiger partial charge in [-0.3, -0.25) is 4.79 Å². The van der Waals surface area contributed by atoms with Crippen molar-refractivity contribution >= 4 is 11.9 Å².